The molecule has 2 aromatic carbocycles. The minimum Gasteiger partial charge on any atom is -0.477 e. The van der Waals surface area contributed by atoms with E-state index in [2.05, 4.69) is 10.4 Å². The summed E-state index contributed by atoms with van der Waals surface area (Å²) >= 11 is 0. The summed E-state index contributed by atoms with van der Waals surface area (Å²) < 4.78 is 6.32. The highest BCUT2D eigenvalue weighted by molar-refractivity contribution is 5.80. The van der Waals surface area contributed by atoms with Gasteiger partial charge >= 0.3 is 0 Å². The Morgan fingerprint density at radius 2 is 1.96 bits per heavy atom. The van der Waals surface area contributed by atoms with Crippen LogP contribution < -0.4 is 10.2 Å². The Balaban J connectivity index is 1.64. The number of nitrogens with zero attached hydrogens (tertiary/aromatic N) is 2. The molecule has 1 saturated carbocycles. The molecule has 4 rings (SSSR count). The maximum Gasteiger partial charge on any atom is 0.269 e. The number of hydroxylamine groups is 1. The average molecular weight is 367 g/mol. The molecule has 140 valence electrons. The van der Waals surface area contributed by atoms with Gasteiger partial charge in [0.15, 0.2) is 5.60 Å². The van der Waals surface area contributed by atoms with Crippen LogP contribution in [0.15, 0.2) is 54.1 Å². The number of hydrogen-bond acceptors (Lipinski definition) is 6. The third-order valence-electron chi connectivity index (χ3n) is 4.89. The van der Waals surface area contributed by atoms with E-state index in [9.17, 15) is 10.1 Å². The minimum atomic E-state index is -0.573. The van der Waals surface area contributed by atoms with Crippen molar-refractivity contribution in [3.8, 4) is 5.75 Å². The van der Waals surface area contributed by atoms with Gasteiger partial charge in [-0.25, -0.2) is 0 Å². The Kier molecular flexibility index (Phi) is 4.33. The van der Waals surface area contributed by atoms with Crippen LogP contribution >= 0.6 is 0 Å². The van der Waals surface area contributed by atoms with Crippen molar-refractivity contribution >= 4 is 11.4 Å². The molecule has 1 unspecified atom stereocenters. The molecule has 7 heteroatoms. The van der Waals surface area contributed by atoms with E-state index in [0.29, 0.717) is 6.61 Å². The zero-order valence-electron chi connectivity index (χ0n) is 15.3. The van der Waals surface area contributed by atoms with E-state index in [1.807, 2.05) is 38.4 Å². The molecule has 27 heavy (non-hydrogen) atoms. The molecular formula is C20H21N3O4. The predicted molar refractivity (Wildman–Crippen MR) is 101 cm³/mol. The van der Waals surface area contributed by atoms with Crippen LogP contribution in [0, 0.1) is 10.1 Å². The third-order valence-corrected chi connectivity index (χ3v) is 4.89. The highest BCUT2D eigenvalue weighted by atomic mass is 16.6. The fourth-order valence-electron chi connectivity index (χ4n) is 3.36. The molecule has 2 aromatic rings. The lowest BCUT2D eigenvalue weighted by Gasteiger charge is -2.26. The lowest BCUT2D eigenvalue weighted by atomic mass is 10.0. The second kappa shape index (κ2) is 6.68. The number of para-hydroxylation sites is 1. The van der Waals surface area contributed by atoms with Gasteiger partial charge in [-0.05, 0) is 38.4 Å². The standard InChI is InChI=1S/C20H21N3O4/c1-22(2)11-12-26-21-19-16-5-3-4-6-18(16)27-20(13-17(19)20)14-7-9-15(10-8-14)23(24)25/h3-10,21H,11-13H2,1-2H3. The van der Waals surface area contributed by atoms with Crippen LogP contribution in [0.3, 0.4) is 0 Å². The Morgan fingerprint density at radius 3 is 2.67 bits per heavy atom. The first kappa shape index (κ1) is 17.5. The summed E-state index contributed by atoms with van der Waals surface area (Å²) in [5.41, 5.74) is 6.51. The van der Waals surface area contributed by atoms with Crippen molar-refractivity contribution in [2.45, 2.75) is 12.0 Å². The van der Waals surface area contributed by atoms with Gasteiger partial charge in [0.2, 0.25) is 0 Å². The Morgan fingerprint density at radius 1 is 1.22 bits per heavy atom. The molecule has 0 spiro atoms. The summed E-state index contributed by atoms with van der Waals surface area (Å²) in [6, 6.07) is 14.4. The number of rotatable bonds is 7. The summed E-state index contributed by atoms with van der Waals surface area (Å²) in [4.78, 5) is 18.3. The van der Waals surface area contributed by atoms with Crippen molar-refractivity contribution in [1.82, 2.24) is 10.4 Å². The van der Waals surface area contributed by atoms with Gasteiger partial charge in [-0.1, -0.05) is 12.1 Å². The van der Waals surface area contributed by atoms with E-state index in [1.165, 1.54) is 12.1 Å². The van der Waals surface area contributed by atoms with Crippen molar-refractivity contribution in [1.29, 1.82) is 0 Å². The van der Waals surface area contributed by atoms with Crippen LogP contribution in [0.25, 0.3) is 5.70 Å². The molecule has 1 aliphatic carbocycles. The maximum absolute atomic E-state index is 10.9. The summed E-state index contributed by atoms with van der Waals surface area (Å²) in [5.74, 6) is 0.774. The molecular weight excluding hydrogens is 346 g/mol. The molecule has 0 radical (unpaired) electrons. The first-order valence-electron chi connectivity index (χ1n) is 8.81. The Labute approximate surface area is 157 Å². The number of likely N-dealkylation sites (N-methyl/N-ethyl adjacent to an activating group) is 1. The monoisotopic (exact) mass is 367 g/mol. The van der Waals surface area contributed by atoms with Gasteiger partial charge in [0.05, 0.1) is 17.2 Å². The van der Waals surface area contributed by atoms with Crippen molar-refractivity contribution in [2.75, 3.05) is 27.2 Å². The van der Waals surface area contributed by atoms with E-state index in [0.717, 1.165) is 41.1 Å². The zero-order chi connectivity index (χ0) is 19.0. The van der Waals surface area contributed by atoms with E-state index in [1.54, 1.807) is 12.1 Å². The Bertz CT molecular complexity index is 908. The van der Waals surface area contributed by atoms with Crippen LogP contribution in [0.1, 0.15) is 17.5 Å². The number of non-ortho nitro benzene ring substituents is 1. The van der Waals surface area contributed by atoms with Gasteiger partial charge in [-0.2, -0.15) is 0 Å². The van der Waals surface area contributed by atoms with Crippen molar-refractivity contribution in [2.24, 2.45) is 0 Å². The number of nitrogens with one attached hydrogen (secondary N) is 1. The van der Waals surface area contributed by atoms with Gasteiger partial charge in [-0.15, -0.1) is 0 Å². The SMILES string of the molecule is CN(C)CCONC1=C2CC2(c2ccc([N+](=O)[O-])cc2)Oc2ccccc21. The smallest absolute Gasteiger partial charge is 0.269 e. The van der Waals surface area contributed by atoms with Crippen molar-refractivity contribution < 1.29 is 14.5 Å². The molecule has 0 amide bonds. The highest BCUT2D eigenvalue weighted by Crippen LogP contribution is 2.61. The number of nitro groups is 1. The van der Waals surface area contributed by atoms with E-state index < -0.39 is 10.5 Å². The van der Waals surface area contributed by atoms with Crippen molar-refractivity contribution in [3.05, 3.63) is 75.3 Å². The summed E-state index contributed by atoms with van der Waals surface area (Å²) in [5, 5.41) is 10.9. The quantitative estimate of drug-likeness (QED) is 0.460. The highest BCUT2D eigenvalue weighted by Gasteiger charge is 2.58. The molecule has 7 nitrogen and oxygen atoms in total. The molecule has 2 aliphatic rings. The molecule has 1 N–H and O–H groups in total. The van der Waals surface area contributed by atoms with E-state index in [-0.39, 0.29) is 5.69 Å². The average Bonchev–Trinajstić information content (AvgIpc) is 3.39. The number of ether oxygens (including phenoxy) is 1. The lowest BCUT2D eigenvalue weighted by molar-refractivity contribution is -0.384. The second-order valence-electron chi connectivity index (χ2n) is 7.01. The molecule has 1 heterocycles. The van der Waals surface area contributed by atoms with E-state index in [4.69, 9.17) is 9.57 Å². The van der Waals surface area contributed by atoms with E-state index >= 15 is 0 Å². The number of nitro benzene ring substituents is 1. The third kappa shape index (κ3) is 3.15. The normalized spacial score (nSPS) is 20.0. The lowest BCUT2D eigenvalue weighted by Crippen LogP contribution is -2.26. The largest absolute Gasteiger partial charge is 0.477 e. The van der Waals surface area contributed by atoms with Gasteiger partial charge < -0.3 is 9.64 Å². The molecule has 1 fully saturated rings. The van der Waals surface area contributed by atoms with Gasteiger partial charge in [-0.3, -0.25) is 20.4 Å². The molecule has 1 atom stereocenters. The molecule has 0 bridgehead atoms. The first-order chi connectivity index (χ1) is 13.0. The van der Waals surface area contributed by atoms with Crippen molar-refractivity contribution in [3.63, 3.8) is 0 Å². The molecule has 0 aromatic heterocycles. The van der Waals surface area contributed by atoms with Crippen LogP contribution in [-0.2, 0) is 10.4 Å². The fraction of sp³-hybridized carbons (Fsp3) is 0.300. The minimum absolute atomic E-state index is 0.0721. The van der Waals surface area contributed by atoms with Gasteiger partial charge in [0.25, 0.3) is 5.69 Å². The number of benzene rings is 2. The van der Waals surface area contributed by atoms with Gasteiger partial charge in [0, 0.05) is 41.8 Å². The topological polar surface area (TPSA) is 76.9 Å². The molecule has 0 saturated heterocycles. The van der Waals surface area contributed by atoms with Crippen LogP contribution in [0.5, 0.6) is 5.75 Å². The number of hydrogen-bond donors (Lipinski definition) is 1. The summed E-state index contributed by atoms with van der Waals surface area (Å²) in [6.07, 6.45) is 0.721. The summed E-state index contributed by atoms with van der Waals surface area (Å²) in [7, 11) is 3.99. The summed E-state index contributed by atoms with van der Waals surface area (Å²) in [6.45, 7) is 1.36. The van der Waals surface area contributed by atoms with Crippen LogP contribution in [0.4, 0.5) is 5.69 Å². The molecule has 1 aliphatic heterocycles. The van der Waals surface area contributed by atoms with Crippen LogP contribution in [0.2, 0.25) is 0 Å². The van der Waals surface area contributed by atoms with Gasteiger partial charge in [0.1, 0.15) is 5.75 Å². The van der Waals surface area contributed by atoms with Crippen LogP contribution in [-0.4, -0.2) is 37.1 Å². The maximum atomic E-state index is 10.9. The fourth-order valence-corrected chi connectivity index (χ4v) is 3.36. The zero-order valence-corrected chi connectivity index (χ0v) is 15.3. The second-order valence-corrected chi connectivity index (χ2v) is 7.01. The predicted octanol–water partition coefficient (Wildman–Crippen LogP) is 3.08. The number of fused-ring (bicyclic) bond motifs is 2. The first-order valence-corrected chi connectivity index (χ1v) is 8.81. The Hall–Kier alpha value is -2.90.